The van der Waals surface area contributed by atoms with E-state index >= 15 is 0 Å². The molecular formula is C15H26N2O3S. The fourth-order valence-electron chi connectivity index (χ4n) is 2.16. The Kier molecular flexibility index (Phi) is 5.78. The largest absolute Gasteiger partial charge is 0.495 e. The van der Waals surface area contributed by atoms with Gasteiger partial charge in [0.25, 0.3) is 0 Å². The average molecular weight is 314 g/mol. The van der Waals surface area contributed by atoms with E-state index in [1.807, 2.05) is 33.9 Å². The Morgan fingerprint density at radius 3 is 2.38 bits per heavy atom. The minimum Gasteiger partial charge on any atom is -0.495 e. The first kappa shape index (κ1) is 17.9. The summed E-state index contributed by atoms with van der Waals surface area (Å²) in [6.45, 7) is 7.07. The second-order valence-corrected chi connectivity index (χ2v) is 8.35. The van der Waals surface area contributed by atoms with Gasteiger partial charge in [-0.3, -0.25) is 0 Å². The zero-order valence-electron chi connectivity index (χ0n) is 13.7. The maximum atomic E-state index is 12.8. The zero-order chi connectivity index (χ0) is 16.3. The van der Waals surface area contributed by atoms with Crippen LogP contribution in [-0.2, 0) is 16.6 Å². The Balaban J connectivity index is 3.25. The number of hydrogen-bond acceptors (Lipinski definition) is 4. The van der Waals surface area contributed by atoms with Crippen LogP contribution < -0.4 is 10.1 Å². The van der Waals surface area contributed by atoms with E-state index in [1.54, 1.807) is 19.2 Å². The molecule has 5 nitrogen and oxygen atoms in total. The van der Waals surface area contributed by atoms with E-state index in [4.69, 9.17) is 4.74 Å². The summed E-state index contributed by atoms with van der Waals surface area (Å²) < 4.78 is 32.1. The van der Waals surface area contributed by atoms with Gasteiger partial charge in [0.1, 0.15) is 10.6 Å². The lowest BCUT2D eigenvalue weighted by atomic mass is 9.97. The standard InChI is InChI=1S/C15H26N2O3S/c1-15(2,3)11-17(5)21(18,19)14-9-12(10-16-4)7-8-13(14)20-6/h7-9,16H,10-11H2,1-6H3. The molecule has 0 saturated carbocycles. The predicted octanol–water partition coefficient (Wildman–Crippen LogP) is 2.08. The van der Waals surface area contributed by atoms with E-state index in [1.165, 1.54) is 11.4 Å². The predicted molar refractivity (Wildman–Crippen MR) is 85.0 cm³/mol. The molecule has 0 spiro atoms. The van der Waals surface area contributed by atoms with Crippen molar-refractivity contribution in [2.24, 2.45) is 5.41 Å². The molecule has 0 saturated heterocycles. The first-order chi connectivity index (χ1) is 9.61. The molecule has 0 fully saturated rings. The topological polar surface area (TPSA) is 58.6 Å². The molecule has 0 unspecified atom stereocenters. The minimum absolute atomic E-state index is 0.113. The average Bonchev–Trinajstić information content (AvgIpc) is 2.37. The van der Waals surface area contributed by atoms with Gasteiger partial charge in [-0.25, -0.2) is 12.7 Å². The maximum Gasteiger partial charge on any atom is 0.246 e. The highest BCUT2D eigenvalue weighted by Crippen LogP contribution is 2.29. The monoisotopic (exact) mass is 314 g/mol. The zero-order valence-corrected chi connectivity index (χ0v) is 14.5. The van der Waals surface area contributed by atoms with E-state index in [-0.39, 0.29) is 10.3 Å². The van der Waals surface area contributed by atoms with E-state index in [9.17, 15) is 8.42 Å². The molecule has 0 amide bonds. The van der Waals surface area contributed by atoms with Crippen molar-refractivity contribution >= 4 is 10.0 Å². The van der Waals surface area contributed by atoms with Crippen molar-refractivity contribution in [1.82, 2.24) is 9.62 Å². The van der Waals surface area contributed by atoms with Crippen molar-refractivity contribution in [1.29, 1.82) is 0 Å². The molecule has 1 rings (SSSR count). The third kappa shape index (κ3) is 4.69. The Morgan fingerprint density at radius 1 is 1.29 bits per heavy atom. The molecule has 0 aliphatic carbocycles. The minimum atomic E-state index is -3.58. The Bertz CT molecular complexity index is 577. The molecule has 0 heterocycles. The van der Waals surface area contributed by atoms with Crippen LogP contribution in [0, 0.1) is 5.41 Å². The third-order valence-electron chi connectivity index (χ3n) is 2.99. The van der Waals surface area contributed by atoms with Gasteiger partial charge < -0.3 is 10.1 Å². The van der Waals surface area contributed by atoms with Crippen LogP contribution in [0.2, 0.25) is 0 Å². The second kappa shape index (κ2) is 6.77. The van der Waals surface area contributed by atoms with E-state index in [0.717, 1.165) is 5.56 Å². The SMILES string of the molecule is CNCc1ccc(OC)c(S(=O)(=O)N(C)CC(C)(C)C)c1. The van der Waals surface area contributed by atoms with Crippen LogP contribution in [0.5, 0.6) is 5.75 Å². The highest BCUT2D eigenvalue weighted by Gasteiger charge is 2.28. The summed E-state index contributed by atoms with van der Waals surface area (Å²) in [4.78, 5) is 0.213. The highest BCUT2D eigenvalue weighted by molar-refractivity contribution is 7.89. The molecule has 120 valence electrons. The van der Waals surface area contributed by atoms with Crippen LogP contribution in [-0.4, -0.2) is 40.5 Å². The van der Waals surface area contributed by atoms with Crippen LogP contribution in [0.3, 0.4) is 0 Å². The number of nitrogens with one attached hydrogen (secondary N) is 1. The molecule has 1 aromatic carbocycles. The maximum absolute atomic E-state index is 12.8. The molecule has 0 bridgehead atoms. The summed E-state index contributed by atoms with van der Waals surface area (Å²) in [5.74, 6) is 0.371. The normalized spacial score (nSPS) is 12.7. The summed E-state index contributed by atoms with van der Waals surface area (Å²) in [7, 11) is 1.33. The van der Waals surface area contributed by atoms with Crippen molar-refractivity contribution in [2.45, 2.75) is 32.2 Å². The van der Waals surface area contributed by atoms with Gasteiger partial charge in [-0.05, 0) is 30.2 Å². The van der Waals surface area contributed by atoms with Crippen molar-refractivity contribution < 1.29 is 13.2 Å². The van der Waals surface area contributed by atoms with Gasteiger partial charge in [0.15, 0.2) is 0 Å². The molecule has 1 N–H and O–H groups in total. The van der Waals surface area contributed by atoms with E-state index in [0.29, 0.717) is 18.8 Å². The van der Waals surface area contributed by atoms with Gasteiger partial charge in [-0.2, -0.15) is 0 Å². The van der Waals surface area contributed by atoms with Gasteiger partial charge in [0.05, 0.1) is 7.11 Å². The van der Waals surface area contributed by atoms with Crippen molar-refractivity contribution in [2.75, 3.05) is 27.7 Å². The summed E-state index contributed by atoms with van der Waals surface area (Å²) >= 11 is 0. The van der Waals surface area contributed by atoms with Crippen molar-refractivity contribution in [3.63, 3.8) is 0 Å². The lowest BCUT2D eigenvalue weighted by molar-refractivity contribution is 0.309. The second-order valence-electron chi connectivity index (χ2n) is 6.34. The molecule has 6 heteroatoms. The van der Waals surface area contributed by atoms with Crippen LogP contribution in [0.15, 0.2) is 23.1 Å². The summed E-state index contributed by atoms with van der Waals surface area (Å²) in [5, 5.41) is 3.02. The molecule has 0 atom stereocenters. The quantitative estimate of drug-likeness (QED) is 0.873. The van der Waals surface area contributed by atoms with Crippen molar-refractivity contribution in [3.05, 3.63) is 23.8 Å². The van der Waals surface area contributed by atoms with Gasteiger partial charge in [0, 0.05) is 20.1 Å². The Hall–Kier alpha value is -1.11. The molecule has 0 aliphatic rings. The third-order valence-corrected chi connectivity index (χ3v) is 4.82. The lowest BCUT2D eigenvalue weighted by Crippen LogP contribution is -2.34. The first-order valence-electron chi connectivity index (χ1n) is 6.89. The number of ether oxygens (including phenoxy) is 1. The number of benzene rings is 1. The molecular weight excluding hydrogens is 288 g/mol. The van der Waals surface area contributed by atoms with E-state index in [2.05, 4.69) is 5.32 Å². The number of methoxy groups -OCH3 is 1. The lowest BCUT2D eigenvalue weighted by Gasteiger charge is -2.26. The van der Waals surface area contributed by atoms with Crippen LogP contribution >= 0.6 is 0 Å². The van der Waals surface area contributed by atoms with Gasteiger partial charge in [0.2, 0.25) is 10.0 Å². The molecule has 21 heavy (non-hydrogen) atoms. The molecule has 0 aliphatic heterocycles. The number of rotatable bonds is 6. The van der Waals surface area contributed by atoms with Crippen LogP contribution in [0.1, 0.15) is 26.3 Å². The number of nitrogens with zero attached hydrogens (tertiary/aromatic N) is 1. The first-order valence-corrected chi connectivity index (χ1v) is 8.33. The van der Waals surface area contributed by atoms with Gasteiger partial charge in [-0.1, -0.05) is 26.8 Å². The van der Waals surface area contributed by atoms with Gasteiger partial charge in [-0.15, -0.1) is 0 Å². The fourth-order valence-corrected chi connectivity index (χ4v) is 3.76. The summed E-state index contributed by atoms with van der Waals surface area (Å²) in [5.41, 5.74) is 0.790. The van der Waals surface area contributed by atoms with Crippen molar-refractivity contribution in [3.8, 4) is 5.75 Å². The number of hydrogen-bond donors (Lipinski definition) is 1. The molecule has 0 radical (unpaired) electrons. The summed E-state index contributed by atoms with van der Waals surface area (Å²) in [6, 6.07) is 5.23. The van der Waals surface area contributed by atoms with Gasteiger partial charge >= 0.3 is 0 Å². The molecule has 0 aromatic heterocycles. The highest BCUT2D eigenvalue weighted by atomic mass is 32.2. The van der Waals surface area contributed by atoms with Crippen LogP contribution in [0.4, 0.5) is 0 Å². The van der Waals surface area contributed by atoms with E-state index < -0.39 is 10.0 Å². The number of sulfonamides is 1. The fraction of sp³-hybridized carbons (Fsp3) is 0.600. The Labute approximate surface area is 128 Å². The summed E-state index contributed by atoms with van der Waals surface area (Å²) in [6.07, 6.45) is 0. The Morgan fingerprint density at radius 2 is 1.90 bits per heavy atom. The smallest absolute Gasteiger partial charge is 0.246 e. The molecule has 1 aromatic rings. The van der Waals surface area contributed by atoms with Crippen LogP contribution in [0.25, 0.3) is 0 Å².